The number of aromatic nitrogens is 1. The van der Waals surface area contributed by atoms with Crippen LogP contribution in [0, 0.1) is 0 Å². The van der Waals surface area contributed by atoms with Gasteiger partial charge in [-0.1, -0.05) is 17.7 Å². The van der Waals surface area contributed by atoms with Crippen LogP contribution in [0.2, 0.25) is 5.15 Å². The molecule has 2 heterocycles. The van der Waals surface area contributed by atoms with Crippen molar-refractivity contribution in [2.24, 2.45) is 0 Å². The third-order valence-corrected chi connectivity index (χ3v) is 3.38. The van der Waals surface area contributed by atoms with E-state index in [-0.39, 0.29) is 30.0 Å². The monoisotopic (exact) mass is 365 g/mol. The molecule has 9 heteroatoms. The van der Waals surface area contributed by atoms with E-state index in [0.717, 1.165) is 0 Å². The van der Waals surface area contributed by atoms with Crippen LogP contribution in [-0.4, -0.2) is 42.2 Å². The molecule has 0 aliphatic carbocycles. The summed E-state index contributed by atoms with van der Waals surface area (Å²) in [5.41, 5.74) is 0.559. The van der Waals surface area contributed by atoms with E-state index in [2.05, 4.69) is 10.3 Å². The first-order valence-corrected chi connectivity index (χ1v) is 6.46. The summed E-state index contributed by atoms with van der Waals surface area (Å²) in [5, 5.41) is 3.42. The Kier molecular flexibility index (Phi) is 8.89. The predicted octanol–water partition coefficient (Wildman–Crippen LogP) is 3.48. The smallest absolute Gasteiger partial charge is 0.314 e. The molecule has 21 heavy (non-hydrogen) atoms. The third kappa shape index (κ3) is 6.57. The first-order chi connectivity index (χ1) is 8.96. The average Bonchev–Trinajstić information content (AvgIpc) is 2.37. The highest BCUT2D eigenvalue weighted by Gasteiger charge is 2.36. The van der Waals surface area contributed by atoms with Crippen LogP contribution in [0.15, 0.2) is 18.3 Å². The molecule has 0 saturated carbocycles. The summed E-state index contributed by atoms with van der Waals surface area (Å²) in [6.45, 7) is 2.61. The summed E-state index contributed by atoms with van der Waals surface area (Å²) in [7, 11) is 0. The molecule has 1 fully saturated rings. The van der Waals surface area contributed by atoms with Crippen molar-refractivity contribution in [2.45, 2.75) is 18.6 Å². The second kappa shape index (κ2) is 9.00. The molecule has 1 aromatic heterocycles. The van der Waals surface area contributed by atoms with Crippen molar-refractivity contribution in [3.05, 3.63) is 29.0 Å². The van der Waals surface area contributed by atoms with Gasteiger partial charge in [-0.2, -0.15) is 13.2 Å². The van der Waals surface area contributed by atoms with Crippen LogP contribution in [-0.2, 0) is 0 Å². The van der Waals surface area contributed by atoms with Gasteiger partial charge in [0.25, 0.3) is 0 Å². The summed E-state index contributed by atoms with van der Waals surface area (Å²) in [5.74, 6) is 0. The van der Waals surface area contributed by atoms with E-state index in [9.17, 15) is 13.2 Å². The van der Waals surface area contributed by atoms with E-state index in [0.29, 0.717) is 31.7 Å². The number of rotatable bonds is 3. The number of alkyl halides is 3. The number of pyridine rings is 1. The van der Waals surface area contributed by atoms with Gasteiger partial charge < -0.3 is 5.32 Å². The van der Waals surface area contributed by atoms with Gasteiger partial charge in [-0.05, 0) is 11.6 Å². The van der Waals surface area contributed by atoms with Crippen molar-refractivity contribution in [2.75, 3.05) is 26.2 Å². The van der Waals surface area contributed by atoms with E-state index in [1.807, 2.05) is 4.90 Å². The number of hydrogen-bond donors (Lipinski definition) is 1. The van der Waals surface area contributed by atoms with Crippen molar-refractivity contribution in [1.29, 1.82) is 0 Å². The molecular weight excluding hydrogens is 350 g/mol. The molecule has 1 saturated heterocycles. The van der Waals surface area contributed by atoms with E-state index >= 15 is 0 Å². The normalized spacial score (nSPS) is 17.5. The van der Waals surface area contributed by atoms with Crippen LogP contribution in [0.25, 0.3) is 0 Å². The lowest BCUT2D eigenvalue weighted by molar-refractivity contribution is -0.148. The van der Waals surface area contributed by atoms with Crippen LogP contribution in [0.3, 0.4) is 0 Å². The summed E-state index contributed by atoms with van der Waals surface area (Å²) in [4.78, 5) is 5.72. The lowest BCUT2D eigenvalue weighted by atomic mass is 10.0. The van der Waals surface area contributed by atoms with Crippen molar-refractivity contribution >= 4 is 36.4 Å². The highest BCUT2D eigenvalue weighted by atomic mass is 35.5. The second-order valence-corrected chi connectivity index (χ2v) is 4.92. The maximum atomic E-state index is 12.7. The minimum absolute atomic E-state index is 0. The van der Waals surface area contributed by atoms with Gasteiger partial charge in [-0.3, -0.25) is 4.90 Å². The molecule has 0 unspecified atom stereocenters. The summed E-state index contributed by atoms with van der Waals surface area (Å²) in [6.07, 6.45) is -3.63. The quantitative estimate of drug-likeness (QED) is 0.830. The van der Waals surface area contributed by atoms with Gasteiger partial charge in [0, 0.05) is 38.4 Å². The second-order valence-electron chi connectivity index (χ2n) is 4.54. The minimum atomic E-state index is -4.20. The molecule has 1 aromatic rings. The number of hydrogen-bond acceptors (Lipinski definition) is 3. The van der Waals surface area contributed by atoms with Crippen molar-refractivity contribution in [3.8, 4) is 0 Å². The van der Waals surface area contributed by atoms with Crippen LogP contribution >= 0.6 is 36.4 Å². The van der Waals surface area contributed by atoms with E-state index in [1.165, 1.54) is 12.3 Å². The Morgan fingerprint density at radius 1 is 1.24 bits per heavy atom. The molecule has 0 spiro atoms. The Hall–Kier alpha value is -0.270. The molecule has 3 nitrogen and oxygen atoms in total. The molecule has 0 amide bonds. The summed E-state index contributed by atoms with van der Waals surface area (Å²) < 4.78 is 38.2. The van der Waals surface area contributed by atoms with E-state index in [1.54, 1.807) is 6.07 Å². The first kappa shape index (κ1) is 20.7. The van der Waals surface area contributed by atoms with E-state index < -0.39 is 18.6 Å². The standard InChI is InChI=1S/C12H15ClF3N3.2ClH/c13-11-2-1-9(8-18-11)10(7-12(14,15)16)19-5-3-17-4-6-19;;/h1-2,8,10,17H,3-7H2;2*1H/t10-;;/m0../s1. The van der Waals surface area contributed by atoms with Crippen LogP contribution < -0.4 is 5.32 Å². The number of piperazine rings is 1. The molecule has 0 bridgehead atoms. The molecule has 1 atom stereocenters. The van der Waals surface area contributed by atoms with Gasteiger partial charge in [0.1, 0.15) is 5.15 Å². The zero-order valence-corrected chi connectivity index (χ0v) is 13.5. The van der Waals surface area contributed by atoms with Crippen molar-refractivity contribution < 1.29 is 13.2 Å². The molecule has 0 aromatic carbocycles. The van der Waals surface area contributed by atoms with Crippen LogP contribution in [0.4, 0.5) is 13.2 Å². The lowest BCUT2D eigenvalue weighted by Gasteiger charge is -2.35. The number of halogens is 6. The molecule has 2 rings (SSSR count). The highest BCUT2D eigenvalue weighted by Crippen LogP contribution is 2.33. The minimum Gasteiger partial charge on any atom is -0.314 e. The fraction of sp³-hybridized carbons (Fsp3) is 0.583. The Labute approximate surface area is 139 Å². The maximum Gasteiger partial charge on any atom is 0.390 e. The first-order valence-electron chi connectivity index (χ1n) is 6.09. The van der Waals surface area contributed by atoms with E-state index in [4.69, 9.17) is 11.6 Å². The van der Waals surface area contributed by atoms with Crippen molar-refractivity contribution in [3.63, 3.8) is 0 Å². The maximum absolute atomic E-state index is 12.7. The van der Waals surface area contributed by atoms with Gasteiger partial charge in [-0.15, -0.1) is 24.8 Å². The van der Waals surface area contributed by atoms with Crippen LogP contribution in [0.5, 0.6) is 0 Å². The molecular formula is C12H17Cl3F3N3. The summed E-state index contributed by atoms with van der Waals surface area (Å²) in [6, 6.07) is 2.46. The van der Waals surface area contributed by atoms with Gasteiger partial charge in [0.2, 0.25) is 0 Å². The Morgan fingerprint density at radius 3 is 2.33 bits per heavy atom. The molecule has 1 N–H and O–H groups in total. The fourth-order valence-electron chi connectivity index (χ4n) is 2.26. The topological polar surface area (TPSA) is 28.2 Å². The lowest BCUT2D eigenvalue weighted by Crippen LogP contribution is -2.46. The highest BCUT2D eigenvalue weighted by molar-refractivity contribution is 6.29. The molecule has 1 aliphatic rings. The molecule has 0 radical (unpaired) electrons. The Bertz CT molecular complexity index is 408. The fourth-order valence-corrected chi connectivity index (χ4v) is 2.37. The van der Waals surface area contributed by atoms with Gasteiger partial charge >= 0.3 is 6.18 Å². The number of nitrogens with one attached hydrogen (secondary N) is 1. The zero-order valence-electron chi connectivity index (χ0n) is 11.1. The van der Waals surface area contributed by atoms with Gasteiger partial charge in [0.15, 0.2) is 0 Å². The van der Waals surface area contributed by atoms with Gasteiger partial charge in [-0.25, -0.2) is 4.98 Å². The molecule has 1 aliphatic heterocycles. The van der Waals surface area contributed by atoms with Gasteiger partial charge in [0.05, 0.1) is 6.42 Å². The summed E-state index contributed by atoms with van der Waals surface area (Å²) >= 11 is 5.68. The largest absolute Gasteiger partial charge is 0.390 e. The predicted molar refractivity (Wildman–Crippen MR) is 81.6 cm³/mol. The Morgan fingerprint density at radius 2 is 1.86 bits per heavy atom. The third-order valence-electron chi connectivity index (χ3n) is 3.15. The SMILES string of the molecule is Cl.Cl.FC(F)(F)C[C@@H](c1ccc(Cl)nc1)N1CCNCC1. The average molecular weight is 367 g/mol. The molecule has 122 valence electrons. The van der Waals surface area contributed by atoms with Crippen molar-refractivity contribution in [1.82, 2.24) is 15.2 Å². The Balaban J connectivity index is 0.00000200. The zero-order chi connectivity index (χ0) is 13.9. The number of nitrogens with zero attached hydrogens (tertiary/aromatic N) is 2. The van der Waals surface area contributed by atoms with Crippen LogP contribution in [0.1, 0.15) is 18.0 Å².